The Labute approximate surface area is 121 Å². The molecule has 1 amide bonds. The van der Waals surface area contributed by atoms with E-state index in [1.807, 2.05) is 13.8 Å². The molecule has 112 valence electrons. The van der Waals surface area contributed by atoms with Gasteiger partial charge in [0.05, 0.1) is 12.4 Å². The molecule has 0 saturated carbocycles. The van der Waals surface area contributed by atoms with Gasteiger partial charge in [-0.1, -0.05) is 30.7 Å². The molecule has 0 fully saturated rings. The number of thioether (sulfide) groups is 1. The molecule has 0 aliphatic carbocycles. The highest BCUT2D eigenvalue weighted by Gasteiger charge is 2.17. The first kappa shape index (κ1) is 16.5. The lowest BCUT2D eigenvalue weighted by atomic mass is 10.2. The zero-order chi connectivity index (χ0) is 15.0. The van der Waals surface area contributed by atoms with Crippen molar-refractivity contribution in [2.75, 3.05) is 12.4 Å². The minimum absolute atomic E-state index is 0.0976. The lowest BCUT2D eigenvalue weighted by molar-refractivity contribution is -0.119. The van der Waals surface area contributed by atoms with Crippen molar-refractivity contribution in [1.29, 1.82) is 0 Å². The van der Waals surface area contributed by atoms with Crippen LogP contribution in [0.15, 0.2) is 9.64 Å². The van der Waals surface area contributed by atoms with E-state index >= 15 is 0 Å². The van der Waals surface area contributed by atoms with Crippen LogP contribution >= 0.6 is 11.8 Å². The predicted octanol–water partition coefficient (Wildman–Crippen LogP) is 1.64. The minimum atomic E-state index is -0.659. The summed E-state index contributed by atoms with van der Waals surface area (Å²) in [6.45, 7) is 5.96. The van der Waals surface area contributed by atoms with Gasteiger partial charge in [0, 0.05) is 6.04 Å². The van der Waals surface area contributed by atoms with Gasteiger partial charge in [-0.3, -0.25) is 4.79 Å². The third-order valence-electron chi connectivity index (χ3n) is 2.53. The van der Waals surface area contributed by atoms with Crippen LogP contribution in [0.2, 0.25) is 0 Å². The topological polar surface area (TPSA) is 94.3 Å². The predicted molar refractivity (Wildman–Crippen MR) is 73.5 cm³/mol. The summed E-state index contributed by atoms with van der Waals surface area (Å²) >= 11 is 1.09. The Morgan fingerprint density at radius 3 is 2.60 bits per heavy atom. The Hall–Kier alpha value is -1.57. The van der Waals surface area contributed by atoms with Crippen molar-refractivity contribution in [3.63, 3.8) is 0 Å². The van der Waals surface area contributed by atoms with Crippen LogP contribution in [-0.2, 0) is 9.53 Å². The Bertz CT molecular complexity index is 446. The summed E-state index contributed by atoms with van der Waals surface area (Å²) < 4.78 is 9.82. The molecule has 0 aromatic carbocycles. The second kappa shape index (κ2) is 8.57. The van der Waals surface area contributed by atoms with Gasteiger partial charge >= 0.3 is 11.9 Å². The first-order chi connectivity index (χ1) is 9.60. The van der Waals surface area contributed by atoms with E-state index in [4.69, 9.17) is 9.15 Å². The average Bonchev–Trinajstić information content (AvgIpc) is 2.91. The number of amides is 1. The molecule has 1 heterocycles. The zero-order valence-electron chi connectivity index (χ0n) is 11.8. The fourth-order valence-corrected chi connectivity index (χ4v) is 2.01. The van der Waals surface area contributed by atoms with Crippen molar-refractivity contribution in [2.24, 2.45) is 0 Å². The summed E-state index contributed by atoms with van der Waals surface area (Å²) in [5, 5.41) is 10.3. The summed E-state index contributed by atoms with van der Waals surface area (Å²) in [6, 6.07) is 0.181. The maximum absolute atomic E-state index is 11.7. The van der Waals surface area contributed by atoms with Gasteiger partial charge in [-0.05, 0) is 19.8 Å². The normalized spacial score (nSPS) is 10.6. The number of carbonyl (C=O) groups excluding carboxylic acids is 2. The number of carbonyl (C=O) groups is 2. The number of aromatic nitrogens is 2. The molecule has 8 heteroatoms. The van der Waals surface area contributed by atoms with Crippen molar-refractivity contribution < 1.29 is 18.7 Å². The number of rotatable bonds is 8. The van der Waals surface area contributed by atoms with Gasteiger partial charge in [-0.15, -0.1) is 5.10 Å². The molecular weight excluding hydrogens is 282 g/mol. The third kappa shape index (κ3) is 5.20. The minimum Gasteiger partial charge on any atom is -0.459 e. The van der Waals surface area contributed by atoms with Crippen LogP contribution in [0.3, 0.4) is 0 Å². The summed E-state index contributed by atoms with van der Waals surface area (Å²) in [5.74, 6) is -0.788. The molecule has 0 aliphatic heterocycles. The molecule has 1 aromatic heterocycles. The molecule has 20 heavy (non-hydrogen) atoms. The standard InChI is InChI=1S/C12H19N3O4S/c1-4-8(5-2)13-9(16)7-20-12-15-14-10(19-12)11(17)18-6-3/h8H,4-7H2,1-3H3,(H,13,16). The Morgan fingerprint density at radius 1 is 1.30 bits per heavy atom. The maximum Gasteiger partial charge on any atom is 0.396 e. The molecule has 1 aromatic rings. The van der Waals surface area contributed by atoms with Crippen molar-refractivity contribution in [1.82, 2.24) is 15.5 Å². The van der Waals surface area contributed by atoms with Crippen LogP contribution < -0.4 is 5.32 Å². The number of nitrogens with zero attached hydrogens (tertiary/aromatic N) is 2. The second-order valence-electron chi connectivity index (χ2n) is 3.96. The van der Waals surface area contributed by atoms with Gasteiger partial charge in [-0.2, -0.15) is 0 Å². The van der Waals surface area contributed by atoms with Crippen molar-refractivity contribution in [2.45, 2.75) is 44.9 Å². The van der Waals surface area contributed by atoms with Crippen molar-refractivity contribution in [3.05, 3.63) is 5.89 Å². The molecule has 7 nitrogen and oxygen atoms in total. The first-order valence-corrected chi connectivity index (χ1v) is 7.51. The average molecular weight is 301 g/mol. The quantitative estimate of drug-likeness (QED) is 0.576. The van der Waals surface area contributed by atoms with E-state index < -0.39 is 5.97 Å². The van der Waals surface area contributed by atoms with E-state index in [1.165, 1.54) is 0 Å². The molecule has 0 atom stereocenters. The smallest absolute Gasteiger partial charge is 0.396 e. The van der Waals surface area contributed by atoms with Crippen LogP contribution in [-0.4, -0.2) is 40.5 Å². The first-order valence-electron chi connectivity index (χ1n) is 6.53. The van der Waals surface area contributed by atoms with Crippen LogP contribution in [0, 0.1) is 0 Å². The molecular formula is C12H19N3O4S. The molecule has 1 N–H and O–H groups in total. The van der Waals surface area contributed by atoms with Crippen LogP contribution in [0.25, 0.3) is 0 Å². The van der Waals surface area contributed by atoms with Crippen molar-refractivity contribution in [3.8, 4) is 0 Å². The molecule has 0 radical (unpaired) electrons. The number of esters is 1. The monoisotopic (exact) mass is 301 g/mol. The molecule has 0 saturated heterocycles. The Balaban J connectivity index is 2.42. The second-order valence-corrected chi connectivity index (χ2v) is 4.89. The van der Waals surface area contributed by atoms with E-state index in [2.05, 4.69) is 15.5 Å². The van der Waals surface area contributed by atoms with Gasteiger partial charge in [0.25, 0.3) is 5.22 Å². The lowest BCUT2D eigenvalue weighted by Crippen LogP contribution is -2.34. The maximum atomic E-state index is 11.7. The van der Waals surface area contributed by atoms with E-state index in [9.17, 15) is 9.59 Å². The third-order valence-corrected chi connectivity index (χ3v) is 3.35. The Kier molecular flexibility index (Phi) is 7.06. The van der Waals surface area contributed by atoms with Gasteiger partial charge in [0.15, 0.2) is 0 Å². The van der Waals surface area contributed by atoms with Crippen LogP contribution in [0.5, 0.6) is 0 Å². The summed E-state index contributed by atoms with van der Waals surface area (Å²) in [4.78, 5) is 23.0. The van der Waals surface area contributed by atoms with Crippen LogP contribution in [0.1, 0.15) is 44.3 Å². The molecule has 0 unspecified atom stereocenters. The van der Waals surface area contributed by atoms with Crippen LogP contribution in [0.4, 0.5) is 0 Å². The SMILES string of the molecule is CCOC(=O)c1nnc(SCC(=O)NC(CC)CC)o1. The molecule has 0 bridgehead atoms. The zero-order valence-corrected chi connectivity index (χ0v) is 12.7. The van der Waals surface area contributed by atoms with E-state index in [1.54, 1.807) is 6.92 Å². The van der Waals surface area contributed by atoms with Crippen molar-refractivity contribution >= 4 is 23.6 Å². The summed E-state index contributed by atoms with van der Waals surface area (Å²) in [7, 11) is 0. The van der Waals surface area contributed by atoms with E-state index in [0.717, 1.165) is 24.6 Å². The van der Waals surface area contributed by atoms with E-state index in [0.29, 0.717) is 0 Å². The van der Waals surface area contributed by atoms with Gasteiger partial charge in [-0.25, -0.2) is 4.79 Å². The number of ether oxygens (including phenoxy) is 1. The lowest BCUT2D eigenvalue weighted by Gasteiger charge is -2.13. The van der Waals surface area contributed by atoms with E-state index in [-0.39, 0.29) is 35.4 Å². The highest BCUT2D eigenvalue weighted by molar-refractivity contribution is 7.99. The van der Waals surface area contributed by atoms with Gasteiger partial charge in [0.2, 0.25) is 5.91 Å². The highest BCUT2D eigenvalue weighted by atomic mass is 32.2. The van der Waals surface area contributed by atoms with Gasteiger partial charge < -0.3 is 14.5 Å². The molecule has 1 rings (SSSR count). The molecule has 0 spiro atoms. The molecule has 0 aliphatic rings. The Morgan fingerprint density at radius 2 is 2.00 bits per heavy atom. The summed E-state index contributed by atoms with van der Waals surface area (Å²) in [5.41, 5.74) is 0. The summed E-state index contributed by atoms with van der Waals surface area (Å²) in [6.07, 6.45) is 1.78. The number of hydrogen-bond acceptors (Lipinski definition) is 7. The fourth-order valence-electron chi connectivity index (χ4n) is 1.43. The largest absolute Gasteiger partial charge is 0.459 e. The number of hydrogen-bond donors (Lipinski definition) is 1. The fraction of sp³-hybridized carbons (Fsp3) is 0.667. The van der Waals surface area contributed by atoms with Gasteiger partial charge in [0.1, 0.15) is 0 Å². The number of nitrogens with one attached hydrogen (secondary N) is 1. The highest BCUT2D eigenvalue weighted by Crippen LogP contribution is 2.16.